The number of carbonyl (C=O) groups excluding carboxylic acids is 1. The largest absolute Gasteiger partial charge is 2.00 e. The fourth-order valence-electron chi connectivity index (χ4n) is 2.22. The molecule has 0 spiro atoms. The SMILES string of the molecule is CCOC(=O)/C(=[NH+]\[N-]c1cccc2cccnc12)c1ccccn1.[Zn+2]. The van der Waals surface area contributed by atoms with Crippen molar-refractivity contribution >= 4 is 28.3 Å². The summed E-state index contributed by atoms with van der Waals surface area (Å²) in [5, 5.41) is 3.76. The van der Waals surface area contributed by atoms with Gasteiger partial charge in [-0.3, -0.25) is 10.1 Å². The molecule has 0 saturated heterocycles. The van der Waals surface area contributed by atoms with Crippen LogP contribution in [0.15, 0.2) is 60.9 Å². The van der Waals surface area contributed by atoms with Gasteiger partial charge in [0.15, 0.2) is 0 Å². The van der Waals surface area contributed by atoms with Gasteiger partial charge in [-0.1, -0.05) is 36.0 Å². The van der Waals surface area contributed by atoms with E-state index in [1.54, 1.807) is 37.5 Å². The fraction of sp³-hybridized carbons (Fsp3) is 0.111. The van der Waals surface area contributed by atoms with Crippen molar-refractivity contribution in [1.29, 1.82) is 0 Å². The van der Waals surface area contributed by atoms with Gasteiger partial charge in [-0.25, -0.2) is 9.78 Å². The molecule has 3 aromatic rings. The Morgan fingerprint density at radius 2 is 1.88 bits per heavy atom. The van der Waals surface area contributed by atoms with E-state index in [2.05, 4.69) is 20.5 Å². The molecule has 1 aromatic carbocycles. The molecular weight excluding hydrogens is 370 g/mol. The van der Waals surface area contributed by atoms with Crippen LogP contribution in [0.3, 0.4) is 0 Å². The Morgan fingerprint density at radius 1 is 1.08 bits per heavy atom. The number of carbonyl (C=O) groups is 1. The minimum Gasteiger partial charge on any atom is -0.458 e. The van der Waals surface area contributed by atoms with Crippen LogP contribution in [-0.4, -0.2) is 28.3 Å². The van der Waals surface area contributed by atoms with Crippen LogP contribution >= 0.6 is 0 Å². The third kappa shape index (κ3) is 4.45. The van der Waals surface area contributed by atoms with Crippen LogP contribution in [0.5, 0.6) is 0 Å². The van der Waals surface area contributed by atoms with Gasteiger partial charge in [-0.05, 0) is 30.5 Å². The quantitative estimate of drug-likeness (QED) is 0.314. The third-order valence-electron chi connectivity index (χ3n) is 3.30. The van der Waals surface area contributed by atoms with Gasteiger partial charge < -0.3 is 10.2 Å². The van der Waals surface area contributed by atoms with Crippen LogP contribution in [0, 0.1) is 0 Å². The first-order chi connectivity index (χ1) is 11.8. The predicted octanol–water partition coefficient (Wildman–Crippen LogP) is 1.68. The molecule has 6 nitrogen and oxygen atoms in total. The van der Waals surface area contributed by atoms with E-state index in [1.807, 2.05) is 30.3 Å². The molecule has 0 amide bonds. The Hall–Kier alpha value is -2.66. The maximum atomic E-state index is 12.2. The summed E-state index contributed by atoms with van der Waals surface area (Å²) in [6, 6.07) is 14.8. The molecule has 2 heterocycles. The van der Waals surface area contributed by atoms with Crippen molar-refractivity contribution in [2.24, 2.45) is 0 Å². The van der Waals surface area contributed by atoms with Gasteiger partial charge in [0.25, 0.3) is 0 Å². The molecule has 0 unspecified atom stereocenters. The van der Waals surface area contributed by atoms with Gasteiger partial charge in [0.05, 0.1) is 12.1 Å². The molecule has 0 aliphatic rings. The van der Waals surface area contributed by atoms with Crippen LogP contribution in [0.1, 0.15) is 12.6 Å². The molecule has 0 aliphatic heterocycles. The van der Waals surface area contributed by atoms with Crippen LogP contribution in [-0.2, 0) is 29.0 Å². The zero-order valence-electron chi connectivity index (χ0n) is 13.8. The van der Waals surface area contributed by atoms with Crippen LogP contribution in [0.2, 0.25) is 0 Å². The number of hydrogen-bond donors (Lipinski definition) is 1. The Kier molecular flexibility index (Phi) is 6.72. The average molecular weight is 386 g/mol. The Morgan fingerprint density at radius 3 is 2.64 bits per heavy atom. The van der Waals surface area contributed by atoms with Gasteiger partial charge in [-0.15, -0.1) is 0 Å². The molecule has 0 saturated carbocycles. The van der Waals surface area contributed by atoms with E-state index in [4.69, 9.17) is 4.74 Å². The molecule has 0 radical (unpaired) electrons. The topological polar surface area (TPSA) is 80.2 Å². The van der Waals surface area contributed by atoms with Gasteiger partial charge in [0, 0.05) is 12.4 Å². The van der Waals surface area contributed by atoms with E-state index in [0.29, 0.717) is 11.4 Å². The molecule has 7 heteroatoms. The standard InChI is InChI=1S/C18H16N4O2.Zn/c1-2-24-18(23)17(14-9-3-4-11-19-14)22-21-15-10-5-7-13-8-6-12-20-16(13)15;/h3-12,22H,2H2,1H3;/q;+2. The molecule has 2 aromatic heterocycles. The number of ether oxygens (including phenoxy) is 1. The van der Waals surface area contributed by atoms with E-state index < -0.39 is 5.97 Å². The van der Waals surface area contributed by atoms with Crippen molar-refractivity contribution in [3.05, 3.63) is 72.0 Å². The summed E-state index contributed by atoms with van der Waals surface area (Å²) in [6.07, 6.45) is 3.31. The molecule has 0 fully saturated rings. The Labute approximate surface area is 158 Å². The first-order valence-corrected chi connectivity index (χ1v) is 7.55. The Bertz CT molecular complexity index is 879. The third-order valence-corrected chi connectivity index (χ3v) is 3.30. The molecule has 25 heavy (non-hydrogen) atoms. The number of aromatic nitrogens is 2. The summed E-state index contributed by atoms with van der Waals surface area (Å²) in [5.41, 5.74) is 6.35. The van der Waals surface area contributed by atoms with Gasteiger partial charge in [0.2, 0.25) is 0 Å². The fourth-order valence-corrected chi connectivity index (χ4v) is 2.22. The zero-order valence-corrected chi connectivity index (χ0v) is 16.8. The number of fused-ring (bicyclic) bond motifs is 1. The molecule has 0 bridgehead atoms. The van der Waals surface area contributed by atoms with Gasteiger partial charge in [-0.2, -0.15) is 0 Å². The first kappa shape index (κ1) is 18.7. The van der Waals surface area contributed by atoms with Crippen LogP contribution in [0.4, 0.5) is 5.69 Å². The monoisotopic (exact) mass is 384 g/mol. The number of esters is 1. The van der Waals surface area contributed by atoms with E-state index in [0.717, 1.165) is 10.9 Å². The number of benzene rings is 1. The molecule has 1 N–H and O–H groups in total. The van der Waals surface area contributed by atoms with Crippen molar-refractivity contribution in [2.45, 2.75) is 6.92 Å². The second kappa shape index (κ2) is 8.99. The van der Waals surface area contributed by atoms with Crippen molar-refractivity contribution in [1.82, 2.24) is 9.97 Å². The van der Waals surface area contributed by atoms with E-state index >= 15 is 0 Å². The zero-order chi connectivity index (χ0) is 16.8. The number of para-hydroxylation sites is 1. The van der Waals surface area contributed by atoms with Crippen molar-refractivity contribution < 1.29 is 34.1 Å². The van der Waals surface area contributed by atoms with Crippen LogP contribution in [0.25, 0.3) is 16.3 Å². The Balaban J connectivity index is 0.00000225. The number of rotatable bonds is 5. The maximum Gasteiger partial charge on any atom is 2.00 e. The summed E-state index contributed by atoms with van der Waals surface area (Å²) in [6.45, 7) is 2.02. The maximum absolute atomic E-state index is 12.2. The molecule has 3 rings (SSSR count). The molecular formula is C18H16N4O2Zn+2. The number of nitrogens with zero attached hydrogens (tertiary/aromatic N) is 3. The van der Waals surface area contributed by atoms with Crippen molar-refractivity contribution in [3.63, 3.8) is 0 Å². The van der Waals surface area contributed by atoms with Crippen LogP contribution < -0.4 is 5.10 Å². The summed E-state index contributed by atoms with van der Waals surface area (Å²) >= 11 is 0. The molecule has 0 atom stereocenters. The smallest absolute Gasteiger partial charge is 0.458 e. The summed E-state index contributed by atoms with van der Waals surface area (Å²) in [7, 11) is 0. The summed E-state index contributed by atoms with van der Waals surface area (Å²) < 4.78 is 5.08. The minimum atomic E-state index is -0.506. The summed E-state index contributed by atoms with van der Waals surface area (Å²) in [4.78, 5) is 20.7. The van der Waals surface area contributed by atoms with Crippen molar-refractivity contribution in [3.8, 4) is 0 Å². The van der Waals surface area contributed by atoms with Crippen molar-refractivity contribution in [2.75, 3.05) is 6.61 Å². The number of nitrogens with one attached hydrogen (secondary N) is 1. The predicted molar refractivity (Wildman–Crippen MR) is 90.7 cm³/mol. The van der Waals surface area contributed by atoms with Gasteiger partial charge in [0.1, 0.15) is 5.69 Å². The number of pyridine rings is 2. The second-order valence-electron chi connectivity index (χ2n) is 4.89. The molecule has 0 aliphatic carbocycles. The average Bonchev–Trinajstić information content (AvgIpc) is 2.63. The molecule has 120 valence electrons. The minimum absolute atomic E-state index is 0. The second-order valence-corrected chi connectivity index (χ2v) is 4.89. The first-order valence-electron chi connectivity index (χ1n) is 7.55. The number of hydrogen-bond acceptors (Lipinski definition) is 4. The van der Waals surface area contributed by atoms with Gasteiger partial charge >= 0.3 is 31.2 Å². The normalized spacial score (nSPS) is 10.8. The summed E-state index contributed by atoms with van der Waals surface area (Å²) in [5.74, 6) is -0.506. The van der Waals surface area contributed by atoms with E-state index in [1.165, 1.54) is 0 Å². The van der Waals surface area contributed by atoms with E-state index in [9.17, 15) is 4.79 Å². The van der Waals surface area contributed by atoms with E-state index in [-0.39, 0.29) is 31.8 Å².